The molecule has 9 heteroatoms. The molecule has 2 fully saturated rings. The fraction of sp³-hybridized carbons (Fsp3) is 0.429. The van der Waals surface area contributed by atoms with Crippen molar-refractivity contribution in [2.45, 2.75) is 17.4 Å². The SMILES string of the molecule is COc1ccc(S(=O)(=O)N2CCC(N3C(=O)CSC3=O)C2)cc1. The third-order valence-corrected chi connectivity index (χ3v) is 6.69. The summed E-state index contributed by atoms with van der Waals surface area (Å²) in [6.07, 6.45) is 0.466. The number of methoxy groups -OCH3 is 1. The first-order chi connectivity index (χ1) is 10.9. The summed E-state index contributed by atoms with van der Waals surface area (Å²) in [5, 5.41) is -0.288. The zero-order valence-corrected chi connectivity index (χ0v) is 14.1. The van der Waals surface area contributed by atoms with Crippen LogP contribution in [0.3, 0.4) is 0 Å². The molecule has 1 aromatic carbocycles. The first-order valence-corrected chi connectivity index (χ1v) is 9.49. The van der Waals surface area contributed by atoms with Crippen molar-refractivity contribution in [3.05, 3.63) is 24.3 Å². The van der Waals surface area contributed by atoms with Crippen molar-refractivity contribution in [1.82, 2.24) is 9.21 Å². The number of benzene rings is 1. The molecule has 1 aromatic rings. The van der Waals surface area contributed by atoms with E-state index in [4.69, 9.17) is 4.74 Å². The van der Waals surface area contributed by atoms with Gasteiger partial charge in [0.15, 0.2) is 0 Å². The Morgan fingerprint density at radius 1 is 1.22 bits per heavy atom. The zero-order valence-electron chi connectivity index (χ0n) is 12.5. The van der Waals surface area contributed by atoms with Crippen LogP contribution in [0.1, 0.15) is 6.42 Å². The lowest BCUT2D eigenvalue weighted by Gasteiger charge is -2.21. The molecule has 1 atom stereocenters. The van der Waals surface area contributed by atoms with Crippen molar-refractivity contribution in [3.8, 4) is 5.75 Å². The molecule has 2 amide bonds. The van der Waals surface area contributed by atoms with Crippen molar-refractivity contribution < 1.29 is 22.7 Å². The van der Waals surface area contributed by atoms with Gasteiger partial charge >= 0.3 is 0 Å². The van der Waals surface area contributed by atoms with E-state index in [1.165, 1.54) is 28.4 Å². The van der Waals surface area contributed by atoms with Crippen molar-refractivity contribution in [2.24, 2.45) is 0 Å². The Hall–Kier alpha value is -1.58. The smallest absolute Gasteiger partial charge is 0.289 e. The van der Waals surface area contributed by atoms with Gasteiger partial charge < -0.3 is 4.74 Å². The number of carbonyl (C=O) groups is 2. The summed E-state index contributed by atoms with van der Waals surface area (Å²) < 4.78 is 31.6. The highest BCUT2D eigenvalue weighted by molar-refractivity contribution is 8.14. The highest BCUT2D eigenvalue weighted by Crippen LogP contribution is 2.29. The monoisotopic (exact) mass is 356 g/mol. The second-order valence-electron chi connectivity index (χ2n) is 5.30. The van der Waals surface area contributed by atoms with Gasteiger partial charge in [-0.2, -0.15) is 4.31 Å². The number of hydrogen-bond donors (Lipinski definition) is 0. The molecular formula is C14H16N2O5S2. The average Bonchev–Trinajstić information content (AvgIpc) is 3.14. The van der Waals surface area contributed by atoms with Crippen molar-refractivity contribution in [2.75, 3.05) is 26.0 Å². The fourth-order valence-corrected chi connectivity index (χ4v) is 5.02. The Morgan fingerprint density at radius 3 is 2.48 bits per heavy atom. The Morgan fingerprint density at radius 2 is 1.91 bits per heavy atom. The molecule has 7 nitrogen and oxygen atoms in total. The van der Waals surface area contributed by atoms with Crippen LogP contribution in [0.2, 0.25) is 0 Å². The normalized spacial score (nSPS) is 22.8. The first kappa shape index (κ1) is 16.3. The van der Waals surface area contributed by atoms with Gasteiger partial charge in [0.25, 0.3) is 5.24 Å². The van der Waals surface area contributed by atoms with E-state index in [9.17, 15) is 18.0 Å². The van der Waals surface area contributed by atoms with Gasteiger partial charge in [-0.3, -0.25) is 14.5 Å². The molecule has 2 heterocycles. The lowest BCUT2D eigenvalue weighted by molar-refractivity contribution is -0.126. The van der Waals surface area contributed by atoms with E-state index >= 15 is 0 Å². The van der Waals surface area contributed by atoms with Crippen LogP contribution < -0.4 is 4.74 Å². The number of amides is 2. The quantitative estimate of drug-likeness (QED) is 0.805. The van der Waals surface area contributed by atoms with Gasteiger partial charge in [-0.25, -0.2) is 8.42 Å². The average molecular weight is 356 g/mol. The van der Waals surface area contributed by atoms with Crippen LogP contribution in [-0.2, 0) is 14.8 Å². The number of ether oxygens (including phenoxy) is 1. The molecule has 2 aliphatic heterocycles. The van der Waals surface area contributed by atoms with Crippen molar-refractivity contribution in [1.29, 1.82) is 0 Å². The number of rotatable bonds is 4. The van der Waals surface area contributed by atoms with Gasteiger partial charge in [-0.1, -0.05) is 11.8 Å². The van der Waals surface area contributed by atoms with Gasteiger partial charge in [-0.05, 0) is 30.7 Å². The highest BCUT2D eigenvalue weighted by Gasteiger charge is 2.42. The summed E-state index contributed by atoms with van der Waals surface area (Å²) in [5.41, 5.74) is 0. The number of thioether (sulfide) groups is 1. The molecule has 2 saturated heterocycles. The lowest BCUT2D eigenvalue weighted by Crippen LogP contribution is -2.41. The van der Waals surface area contributed by atoms with Crippen LogP contribution in [0.15, 0.2) is 29.2 Å². The third kappa shape index (κ3) is 2.96. The van der Waals surface area contributed by atoms with Crippen LogP contribution in [0.25, 0.3) is 0 Å². The molecule has 0 bridgehead atoms. The number of carbonyl (C=O) groups excluding carboxylic acids is 2. The van der Waals surface area contributed by atoms with E-state index in [0.29, 0.717) is 18.7 Å². The molecule has 0 radical (unpaired) electrons. The van der Waals surface area contributed by atoms with Gasteiger partial charge in [0.1, 0.15) is 5.75 Å². The van der Waals surface area contributed by atoms with E-state index in [-0.39, 0.29) is 34.4 Å². The summed E-state index contributed by atoms with van der Waals surface area (Å²) in [6.45, 7) is 0.438. The number of hydrogen-bond acceptors (Lipinski definition) is 6. The van der Waals surface area contributed by atoms with Crippen molar-refractivity contribution in [3.63, 3.8) is 0 Å². The van der Waals surface area contributed by atoms with Gasteiger partial charge in [0.2, 0.25) is 15.9 Å². The standard InChI is InChI=1S/C14H16N2O5S2/c1-21-11-2-4-12(5-3-11)23(19,20)15-7-6-10(8-15)16-13(17)9-22-14(16)18/h2-5,10H,6-9H2,1H3. The molecule has 0 aliphatic carbocycles. The maximum Gasteiger partial charge on any atom is 0.289 e. The topological polar surface area (TPSA) is 84.0 Å². The molecule has 0 spiro atoms. The van der Waals surface area contributed by atoms with Crippen molar-refractivity contribution >= 4 is 32.9 Å². The maximum absolute atomic E-state index is 12.6. The highest BCUT2D eigenvalue weighted by atomic mass is 32.2. The summed E-state index contributed by atoms with van der Waals surface area (Å²) >= 11 is 0.965. The maximum atomic E-state index is 12.6. The molecule has 0 aromatic heterocycles. The van der Waals surface area contributed by atoms with E-state index in [2.05, 4.69) is 0 Å². The Bertz CT molecular complexity index is 716. The second-order valence-corrected chi connectivity index (χ2v) is 8.16. The Kier molecular flexibility index (Phi) is 4.35. The molecule has 0 saturated carbocycles. The summed E-state index contributed by atoms with van der Waals surface area (Å²) in [5.74, 6) is 0.475. The number of nitrogens with zero attached hydrogens (tertiary/aromatic N) is 2. The third-order valence-electron chi connectivity index (χ3n) is 3.97. The van der Waals surface area contributed by atoms with Crippen LogP contribution in [0, 0.1) is 0 Å². The van der Waals surface area contributed by atoms with E-state index in [1.54, 1.807) is 12.1 Å². The molecule has 0 N–H and O–H groups in total. The van der Waals surface area contributed by atoms with Gasteiger partial charge in [0.05, 0.1) is 23.8 Å². The first-order valence-electron chi connectivity index (χ1n) is 7.06. The minimum absolute atomic E-state index is 0.139. The van der Waals surface area contributed by atoms with E-state index < -0.39 is 10.0 Å². The van der Waals surface area contributed by atoms with E-state index in [1.807, 2.05) is 0 Å². The van der Waals surface area contributed by atoms with Crippen LogP contribution in [-0.4, -0.2) is 60.8 Å². The predicted octanol–water partition coefficient (Wildman–Crippen LogP) is 1.15. The zero-order chi connectivity index (χ0) is 16.6. The molecule has 2 aliphatic rings. The van der Waals surface area contributed by atoms with E-state index in [0.717, 1.165) is 11.8 Å². The second kappa shape index (κ2) is 6.14. The number of imide groups is 1. The minimum Gasteiger partial charge on any atom is -0.497 e. The van der Waals surface area contributed by atoms with Crippen LogP contribution in [0.5, 0.6) is 5.75 Å². The van der Waals surface area contributed by atoms with Crippen LogP contribution in [0.4, 0.5) is 4.79 Å². The molecular weight excluding hydrogens is 340 g/mol. The summed E-state index contributed by atoms with van der Waals surface area (Å²) in [4.78, 5) is 24.9. The molecule has 1 unspecified atom stereocenters. The summed E-state index contributed by atoms with van der Waals surface area (Å²) in [7, 11) is -2.13. The number of sulfonamides is 1. The molecule has 3 rings (SSSR count). The van der Waals surface area contributed by atoms with Gasteiger partial charge in [0, 0.05) is 13.1 Å². The molecule has 23 heavy (non-hydrogen) atoms. The summed E-state index contributed by atoms with van der Waals surface area (Å²) in [6, 6.07) is 5.78. The minimum atomic E-state index is -3.64. The fourth-order valence-electron chi connectivity index (χ4n) is 2.75. The Balaban J connectivity index is 1.77. The Labute approximate surface area is 138 Å². The lowest BCUT2D eigenvalue weighted by atomic mass is 10.2. The van der Waals surface area contributed by atoms with Gasteiger partial charge in [-0.15, -0.1) is 0 Å². The predicted molar refractivity (Wildman–Crippen MR) is 84.9 cm³/mol. The largest absolute Gasteiger partial charge is 0.497 e. The van der Waals surface area contributed by atoms with Crippen LogP contribution >= 0.6 is 11.8 Å². The molecule has 124 valence electrons.